The summed E-state index contributed by atoms with van der Waals surface area (Å²) in [7, 11) is 0. The van der Waals surface area contributed by atoms with Gasteiger partial charge in [0.2, 0.25) is 11.8 Å². The van der Waals surface area contributed by atoms with Crippen LogP contribution in [0.25, 0.3) is 6.58 Å². The van der Waals surface area contributed by atoms with E-state index in [4.69, 9.17) is 5.11 Å². The molecule has 1 heterocycles. The van der Waals surface area contributed by atoms with Gasteiger partial charge in [0.05, 0.1) is 10.9 Å². The Bertz CT molecular complexity index is 576. The van der Waals surface area contributed by atoms with Crippen LogP contribution in [0.3, 0.4) is 0 Å². The predicted molar refractivity (Wildman–Crippen MR) is 50.2 cm³/mol. The molecule has 0 saturated heterocycles. The molecule has 15 heavy (non-hydrogen) atoms. The summed E-state index contributed by atoms with van der Waals surface area (Å²) in [6.45, 7) is 3.51. The number of nitrogens with zero attached hydrogens (tertiary/aromatic N) is 1. The summed E-state index contributed by atoms with van der Waals surface area (Å²) in [4.78, 5) is 25.9. The fourth-order valence-corrected chi connectivity index (χ4v) is 1.48. The van der Waals surface area contributed by atoms with Gasteiger partial charge in [-0.25, -0.2) is 4.79 Å². The van der Waals surface area contributed by atoms with E-state index in [2.05, 4.69) is 11.6 Å². The Balaban J connectivity index is 2.72. The average molecular weight is 205 g/mol. The highest BCUT2D eigenvalue weighted by Crippen LogP contribution is 2.15. The number of hydrogen-bond donors (Lipinski definition) is 2. The van der Waals surface area contributed by atoms with Crippen LogP contribution in [0.1, 0.15) is 10.4 Å². The van der Waals surface area contributed by atoms with Crippen molar-refractivity contribution < 1.29 is 19.8 Å². The Labute approximate surface area is 84.0 Å². The fourth-order valence-electron chi connectivity index (χ4n) is 1.48. The van der Waals surface area contributed by atoms with Crippen molar-refractivity contribution in [2.45, 2.75) is 6.04 Å². The summed E-state index contributed by atoms with van der Waals surface area (Å²) in [6, 6.07) is 1.51. The van der Waals surface area contributed by atoms with Crippen LogP contribution < -0.4 is 10.6 Å². The van der Waals surface area contributed by atoms with Gasteiger partial charge in [-0.15, -0.1) is 0 Å². The zero-order valence-electron chi connectivity index (χ0n) is 7.60. The van der Waals surface area contributed by atoms with Crippen LogP contribution >= 0.6 is 0 Å². The standard InChI is InChI=1S/C10H7NO4/c1-4-2-3-5-6(8(4)12)9(13)7(11-5)10(14)15/h2-3,7,12H,1H2,(H,14,15). The van der Waals surface area contributed by atoms with Crippen LogP contribution in [0.15, 0.2) is 17.1 Å². The molecular formula is C10H7NO4. The van der Waals surface area contributed by atoms with Gasteiger partial charge < -0.3 is 10.2 Å². The highest BCUT2D eigenvalue weighted by atomic mass is 16.4. The number of aliphatic carboxylic acids is 1. The van der Waals surface area contributed by atoms with Crippen LogP contribution in [0, 0.1) is 0 Å². The molecular weight excluding hydrogens is 198 g/mol. The number of benzene rings is 1. The summed E-state index contributed by atoms with van der Waals surface area (Å²) in [5.74, 6) is -2.30. The van der Waals surface area contributed by atoms with Crippen LogP contribution in [0.2, 0.25) is 0 Å². The molecule has 1 aromatic rings. The number of phenols is 1. The third-order valence-corrected chi connectivity index (χ3v) is 2.24. The SMILES string of the molecule is C=c1ccc2c(c1O)C(=O)C(C(=O)O)N=2. The first-order valence-electron chi connectivity index (χ1n) is 4.18. The number of carboxylic acids is 1. The van der Waals surface area contributed by atoms with Crippen molar-refractivity contribution in [1.82, 2.24) is 0 Å². The van der Waals surface area contributed by atoms with Gasteiger partial charge in [0, 0.05) is 5.22 Å². The van der Waals surface area contributed by atoms with E-state index < -0.39 is 17.8 Å². The first-order valence-corrected chi connectivity index (χ1v) is 4.18. The Morgan fingerprint density at radius 1 is 1.47 bits per heavy atom. The van der Waals surface area contributed by atoms with Gasteiger partial charge in [-0.3, -0.25) is 9.79 Å². The Kier molecular flexibility index (Phi) is 1.82. The van der Waals surface area contributed by atoms with Gasteiger partial charge in [0.15, 0.2) is 0 Å². The van der Waals surface area contributed by atoms with E-state index in [0.29, 0.717) is 0 Å². The molecule has 1 aliphatic rings. The van der Waals surface area contributed by atoms with Crippen molar-refractivity contribution in [2.75, 3.05) is 0 Å². The van der Waals surface area contributed by atoms with Gasteiger partial charge in [0.1, 0.15) is 5.75 Å². The van der Waals surface area contributed by atoms with E-state index in [9.17, 15) is 14.7 Å². The van der Waals surface area contributed by atoms with Crippen molar-refractivity contribution in [1.29, 1.82) is 0 Å². The number of phenolic OH excluding ortho intramolecular Hbond substituents is 1. The molecule has 5 heteroatoms. The zero-order valence-corrected chi connectivity index (χ0v) is 7.60. The van der Waals surface area contributed by atoms with Gasteiger partial charge in [0.25, 0.3) is 0 Å². The second kappa shape index (κ2) is 2.91. The number of rotatable bonds is 1. The third-order valence-electron chi connectivity index (χ3n) is 2.24. The van der Waals surface area contributed by atoms with E-state index >= 15 is 0 Å². The van der Waals surface area contributed by atoms with Crippen LogP contribution in [-0.4, -0.2) is 28.0 Å². The zero-order chi connectivity index (χ0) is 11.2. The molecule has 1 unspecified atom stereocenters. The molecule has 0 aliphatic carbocycles. The molecule has 1 atom stereocenters. The van der Waals surface area contributed by atoms with Crippen molar-refractivity contribution in [2.24, 2.45) is 4.99 Å². The Morgan fingerprint density at radius 2 is 2.13 bits per heavy atom. The number of ketones is 1. The molecule has 0 bridgehead atoms. The summed E-state index contributed by atoms with van der Waals surface area (Å²) in [5.41, 5.74) is -0.0464. The maximum absolute atomic E-state index is 11.5. The first-order chi connectivity index (χ1) is 7.02. The molecule has 0 spiro atoms. The molecule has 0 amide bonds. The molecule has 2 rings (SSSR count). The molecule has 5 nitrogen and oxygen atoms in total. The number of carboxylic acid groups (broad SMARTS) is 1. The summed E-state index contributed by atoms with van der Waals surface area (Å²) >= 11 is 0. The normalized spacial score (nSPS) is 18.4. The molecule has 0 aromatic heterocycles. The second-order valence-corrected chi connectivity index (χ2v) is 3.20. The van der Waals surface area contributed by atoms with Gasteiger partial charge >= 0.3 is 5.97 Å². The monoisotopic (exact) mass is 205 g/mol. The van der Waals surface area contributed by atoms with Crippen LogP contribution in [0.4, 0.5) is 0 Å². The summed E-state index contributed by atoms with van der Waals surface area (Å²) in [6.07, 6.45) is 0. The third kappa shape index (κ3) is 1.20. The highest BCUT2D eigenvalue weighted by molar-refractivity contribution is 6.14. The Hall–Kier alpha value is -2.17. The largest absolute Gasteiger partial charge is 0.507 e. The minimum atomic E-state index is -1.44. The molecule has 1 aromatic carbocycles. The van der Waals surface area contributed by atoms with E-state index in [1.165, 1.54) is 12.1 Å². The van der Waals surface area contributed by atoms with Gasteiger partial charge in [-0.05, 0) is 12.1 Å². The molecule has 0 radical (unpaired) electrons. The van der Waals surface area contributed by atoms with Crippen molar-refractivity contribution in [3.63, 3.8) is 0 Å². The quantitative estimate of drug-likeness (QED) is 0.580. The molecule has 2 N–H and O–H groups in total. The minimum Gasteiger partial charge on any atom is -0.507 e. The average Bonchev–Trinajstić information content (AvgIpc) is 2.50. The Morgan fingerprint density at radius 3 is 2.73 bits per heavy atom. The number of fused-ring (bicyclic) bond motifs is 1. The van der Waals surface area contributed by atoms with Crippen molar-refractivity contribution >= 4 is 18.3 Å². The number of carbonyl (C=O) groups excluding carboxylic acids is 1. The maximum Gasteiger partial charge on any atom is 0.336 e. The smallest absolute Gasteiger partial charge is 0.336 e. The fraction of sp³-hybridized carbons (Fsp3) is 0.100. The van der Waals surface area contributed by atoms with Crippen molar-refractivity contribution in [3.05, 3.63) is 28.3 Å². The van der Waals surface area contributed by atoms with Crippen molar-refractivity contribution in [3.8, 4) is 5.75 Å². The lowest BCUT2D eigenvalue weighted by Crippen LogP contribution is -2.25. The highest BCUT2D eigenvalue weighted by Gasteiger charge is 2.34. The number of aromatic hydroxyl groups is 1. The van der Waals surface area contributed by atoms with E-state index in [1.807, 2.05) is 0 Å². The second-order valence-electron chi connectivity index (χ2n) is 3.20. The van der Waals surface area contributed by atoms with E-state index in [1.54, 1.807) is 0 Å². The summed E-state index contributed by atoms with van der Waals surface area (Å²) in [5, 5.41) is 18.7. The van der Waals surface area contributed by atoms with Crippen LogP contribution in [-0.2, 0) is 4.79 Å². The molecule has 0 fully saturated rings. The predicted octanol–water partition coefficient (Wildman–Crippen LogP) is -0.928. The molecule has 1 aliphatic heterocycles. The number of carbonyl (C=O) groups is 2. The molecule has 76 valence electrons. The van der Waals surface area contributed by atoms with Gasteiger partial charge in [-0.2, -0.15) is 0 Å². The lowest BCUT2D eigenvalue weighted by Gasteiger charge is -1.99. The van der Waals surface area contributed by atoms with Crippen LogP contribution in [0.5, 0.6) is 5.75 Å². The summed E-state index contributed by atoms with van der Waals surface area (Å²) < 4.78 is 0. The van der Waals surface area contributed by atoms with Gasteiger partial charge in [-0.1, -0.05) is 6.58 Å². The lowest BCUT2D eigenvalue weighted by atomic mass is 10.1. The van der Waals surface area contributed by atoms with E-state index in [0.717, 1.165) is 0 Å². The number of hydrogen-bond acceptors (Lipinski definition) is 4. The van der Waals surface area contributed by atoms with E-state index in [-0.39, 0.29) is 21.9 Å². The topological polar surface area (TPSA) is 87.0 Å². The maximum atomic E-state index is 11.5. The number of Topliss-reactive ketones (excluding diaryl/α,β-unsaturated/α-hetero) is 1. The minimum absolute atomic E-state index is 0.0464. The lowest BCUT2D eigenvalue weighted by molar-refractivity contribution is -0.137. The molecule has 0 saturated carbocycles. The first kappa shape index (κ1) is 9.39.